The first-order valence-electron chi connectivity index (χ1n) is 6.89. The molecule has 1 unspecified atom stereocenters. The van der Waals surface area contributed by atoms with Crippen LogP contribution in [0.5, 0.6) is 0 Å². The topological polar surface area (TPSA) is 33.1 Å². The summed E-state index contributed by atoms with van der Waals surface area (Å²) in [6.45, 7) is 2.26. The first kappa shape index (κ1) is 12.6. The second-order valence-corrected chi connectivity index (χ2v) is 5.30. The Morgan fingerprint density at radius 1 is 1.35 bits per heavy atom. The van der Waals surface area contributed by atoms with E-state index in [0.717, 1.165) is 11.5 Å². The van der Waals surface area contributed by atoms with E-state index in [0.29, 0.717) is 5.92 Å². The molecule has 1 atom stereocenters. The summed E-state index contributed by atoms with van der Waals surface area (Å²) in [5.74, 6) is 1.34. The smallest absolute Gasteiger partial charge is 0.0833 e. The predicted octanol–water partition coefficient (Wildman–Crippen LogP) is 3.72. The van der Waals surface area contributed by atoms with Crippen molar-refractivity contribution in [2.45, 2.75) is 51.6 Å². The summed E-state index contributed by atoms with van der Waals surface area (Å²) in [6, 6.07) is 3.89. The van der Waals surface area contributed by atoms with Gasteiger partial charge < -0.3 is 5.11 Å². The van der Waals surface area contributed by atoms with Crippen molar-refractivity contribution in [2.24, 2.45) is 11.8 Å². The first-order chi connectivity index (χ1) is 8.31. The van der Waals surface area contributed by atoms with Gasteiger partial charge in [0.05, 0.1) is 6.10 Å². The molecule has 0 amide bonds. The van der Waals surface area contributed by atoms with Gasteiger partial charge in [0.25, 0.3) is 0 Å². The van der Waals surface area contributed by atoms with Crippen molar-refractivity contribution in [3.63, 3.8) is 0 Å². The van der Waals surface area contributed by atoms with Crippen LogP contribution in [0.3, 0.4) is 0 Å². The summed E-state index contributed by atoms with van der Waals surface area (Å²) in [6.07, 6.45) is 10.8. The molecule has 0 bridgehead atoms. The van der Waals surface area contributed by atoms with Crippen LogP contribution in [-0.4, -0.2) is 10.1 Å². The van der Waals surface area contributed by atoms with Crippen LogP contribution in [0.4, 0.5) is 0 Å². The van der Waals surface area contributed by atoms with Crippen molar-refractivity contribution < 1.29 is 5.11 Å². The summed E-state index contributed by atoms with van der Waals surface area (Å²) in [7, 11) is 0. The zero-order valence-corrected chi connectivity index (χ0v) is 10.7. The zero-order chi connectivity index (χ0) is 12.1. The Balaban J connectivity index is 1.88. The fraction of sp³-hybridized carbons (Fsp3) is 0.667. The largest absolute Gasteiger partial charge is 0.388 e. The average Bonchev–Trinajstić information content (AvgIpc) is 2.40. The van der Waals surface area contributed by atoms with E-state index in [-0.39, 0.29) is 6.10 Å². The summed E-state index contributed by atoms with van der Waals surface area (Å²) in [5, 5.41) is 10.3. The lowest BCUT2D eigenvalue weighted by molar-refractivity contribution is 0.0719. The molecule has 0 radical (unpaired) electrons. The second kappa shape index (κ2) is 6.15. The van der Waals surface area contributed by atoms with Crippen molar-refractivity contribution in [3.8, 4) is 0 Å². The van der Waals surface area contributed by atoms with Crippen LogP contribution in [0.15, 0.2) is 24.5 Å². The summed E-state index contributed by atoms with van der Waals surface area (Å²) < 4.78 is 0. The maximum atomic E-state index is 10.3. The van der Waals surface area contributed by atoms with E-state index in [1.165, 1.54) is 38.5 Å². The molecule has 1 N–H and O–H groups in total. The van der Waals surface area contributed by atoms with Crippen LogP contribution in [0.1, 0.15) is 57.1 Å². The van der Waals surface area contributed by atoms with Gasteiger partial charge in [0, 0.05) is 12.4 Å². The van der Waals surface area contributed by atoms with Gasteiger partial charge in [0.1, 0.15) is 0 Å². The molecule has 1 aliphatic rings. The van der Waals surface area contributed by atoms with Crippen LogP contribution in [0, 0.1) is 11.8 Å². The van der Waals surface area contributed by atoms with Gasteiger partial charge in [-0.15, -0.1) is 0 Å². The molecule has 94 valence electrons. The summed E-state index contributed by atoms with van der Waals surface area (Å²) in [5.41, 5.74) is 0.978. The van der Waals surface area contributed by atoms with Gasteiger partial charge in [-0.3, -0.25) is 4.98 Å². The molecule has 1 fully saturated rings. The van der Waals surface area contributed by atoms with Crippen LogP contribution >= 0.6 is 0 Å². The highest BCUT2D eigenvalue weighted by atomic mass is 16.3. The van der Waals surface area contributed by atoms with Crippen molar-refractivity contribution in [1.82, 2.24) is 4.98 Å². The molecule has 2 nitrogen and oxygen atoms in total. The van der Waals surface area contributed by atoms with Gasteiger partial charge >= 0.3 is 0 Å². The van der Waals surface area contributed by atoms with Gasteiger partial charge in [0.15, 0.2) is 0 Å². The molecule has 1 aliphatic carbocycles. The molecule has 0 aromatic carbocycles. The van der Waals surface area contributed by atoms with Crippen LogP contribution < -0.4 is 0 Å². The molecule has 1 aromatic heterocycles. The lowest BCUT2D eigenvalue weighted by Crippen LogP contribution is -2.20. The molecule has 1 heterocycles. The molecule has 17 heavy (non-hydrogen) atoms. The van der Waals surface area contributed by atoms with Crippen LogP contribution in [0.25, 0.3) is 0 Å². The Morgan fingerprint density at radius 2 is 2.12 bits per heavy atom. The van der Waals surface area contributed by atoms with E-state index in [4.69, 9.17) is 0 Å². The first-order valence-corrected chi connectivity index (χ1v) is 6.89. The van der Waals surface area contributed by atoms with E-state index in [2.05, 4.69) is 11.9 Å². The monoisotopic (exact) mass is 233 g/mol. The minimum Gasteiger partial charge on any atom is -0.388 e. The lowest BCUT2D eigenvalue weighted by atomic mass is 9.77. The number of hydrogen-bond acceptors (Lipinski definition) is 2. The van der Waals surface area contributed by atoms with E-state index < -0.39 is 0 Å². The van der Waals surface area contributed by atoms with Gasteiger partial charge in [0.2, 0.25) is 0 Å². The van der Waals surface area contributed by atoms with E-state index in [1.807, 2.05) is 12.1 Å². The molecular formula is C15H23NO. The van der Waals surface area contributed by atoms with E-state index in [1.54, 1.807) is 12.4 Å². The van der Waals surface area contributed by atoms with Crippen LogP contribution in [0.2, 0.25) is 0 Å². The molecule has 1 aromatic rings. The highest BCUT2D eigenvalue weighted by Gasteiger charge is 2.26. The lowest BCUT2D eigenvalue weighted by Gasteiger charge is -2.31. The van der Waals surface area contributed by atoms with E-state index in [9.17, 15) is 5.11 Å². The van der Waals surface area contributed by atoms with Crippen molar-refractivity contribution in [3.05, 3.63) is 30.1 Å². The Bertz CT molecular complexity index is 317. The third-order valence-corrected chi connectivity index (χ3v) is 4.06. The molecule has 0 saturated heterocycles. The Kier molecular flexibility index (Phi) is 4.55. The summed E-state index contributed by atoms with van der Waals surface area (Å²) in [4.78, 5) is 4.08. The molecule has 2 rings (SSSR count). The number of aromatic nitrogens is 1. The highest BCUT2D eigenvalue weighted by molar-refractivity contribution is 5.12. The Labute approximate surface area is 104 Å². The quantitative estimate of drug-likeness (QED) is 0.859. The highest BCUT2D eigenvalue weighted by Crippen LogP contribution is 2.37. The minimum absolute atomic E-state index is 0.314. The molecule has 0 aliphatic heterocycles. The standard InChI is InChI=1S/C15H23NO/c1-2-4-12-6-8-13(9-7-12)15(17)14-5-3-10-16-11-14/h3,5,10-13,15,17H,2,4,6-9H2,1H3. The maximum Gasteiger partial charge on any atom is 0.0833 e. The predicted molar refractivity (Wildman–Crippen MR) is 69.6 cm³/mol. The summed E-state index contributed by atoms with van der Waals surface area (Å²) >= 11 is 0. The van der Waals surface area contributed by atoms with Gasteiger partial charge in [-0.1, -0.05) is 38.7 Å². The molecular weight excluding hydrogens is 210 g/mol. The van der Waals surface area contributed by atoms with Crippen LogP contribution in [-0.2, 0) is 0 Å². The number of aliphatic hydroxyl groups excluding tert-OH is 1. The Morgan fingerprint density at radius 3 is 2.71 bits per heavy atom. The third kappa shape index (κ3) is 3.29. The SMILES string of the molecule is CCCC1CCC(C(O)c2cccnc2)CC1. The maximum absolute atomic E-state index is 10.3. The van der Waals surface area contributed by atoms with Crippen molar-refractivity contribution >= 4 is 0 Å². The minimum atomic E-state index is -0.314. The Hall–Kier alpha value is -0.890. The number of pyridine rings is 1. The second-order valence-electron chi connectivity index (χ2n) is 5.30. The van der Waals surface area contributed by atoms with Gasteiger partial charge in [-0.05, 0) is 36.3 Å². The number of nitrogens with zero attached hydrogens (tertiary/aromatic N) is 1. The normalized spacial score (nSPS) is 26.7. The van der Waals surface area contributed by atoms with E-state index >= 15 is 0 Å². The zero-order valence-electron chi connectivity index (χ0n) is 10.7. The fourth-order valence-electron chi connectivity index (χ4n) is 3.02. The molecule has 1 saturated carbocycles. The van der Waals surface area contributed by atoms with Gasteiger partial charge in [-0.25, -0.2) is 0 Å². The number of aliphatic hydroxyl groups is 1. The number of rotatable bonds is 4. The molecule has 0 spiro atoms. The fourth-order valence-corrected chi connectivity index (χ4v) is 3.02. The molecule has 2 heteroatoms. The van der Waals surface area contributed by atoms with Crippen molar-refractivity contribution in [1.29, 1.82) is 0 Å². The third-order valence-electron chi connectivity index (χ3n) is 4.06. The average molecular weight is 233 g/mol. The van der Waals surface area contributed by atoms with Crippen molar-refractivity contribution in [2.75, 3.05) is 0 Å². The number of hydrogen-bond donors (Lipinski definition) is 1. The van der Waals surface area contributed by atoms with Gasteiger partial charge in [-0.2, -0.15) is 0 Å².